The molecule has 2 nitrogen and oxygen atoms in total. The Bertz CT molecular complexity index is 447. The molecule has 0 saturated heterocycles. The minimum atomic E-state index is 0.789. The molecule has 0 bridgehead atoms. The second-order valence-corrected chi connectivity index (χ2v) is 3.30. The Morgan fingerprint density at radius 1 is 1.00 bits per heavy atom. The molecule has 0 spiro atoms. The molecule has 1 aromatic carbocycles. The normalized spacial score (nSPS) is 11.1. The van der Waals surface area contributed by atoms with Crippen molar-refractivity contribution in [2.75, 3.05) is 0 Å². The first kappa shape index (κ1) is 10.3. The number of hydrogen-bond donors (Lipinski definition) is 0. The Balaban J connectivity index is 2.48. The lowest BCUT2D eigenvalue weighted by atomic mass is 10.0. The van der Waals surface area contributed by atoms with Crippen LogP contribution in [0.4, 0.5) is 0 Å². The highest BCUT2D eigenvalue weighted by atomic mass is 16.1. The van der Waals surface area contributed by atoms with Gasteiger partial charge in [0.25, 0.3) is 0 Å². The maximum absolute atomic E-state index is 10.7. The molecule has 0 aliphatic carbocycles. The zero-order valence-corrected chi connectivity index (χ0v) is 8.71. The third kappa shape index (κ3) is 2.23. The fraction of sp³-hybridized carbons (Fsp3) is 0. The predicted octanol–water partition coefficient (Wildman–Crippen LogP) is 2.71. The van der Waals surface area contributed by atoms with E-state index in [0.717, 1.165) is 23.1 Å². The first-order valence-corrected chi connectivity index (χ1v) is 5.04. The van der Waals surface area contributed by atoms with Crippen LogP contribution in [-0.2, 0) is 4.79 Å². The first-order chi connectivity index (χ1) is 7.92. The predicted molar refractivity (Wildman–Crippen MR) is 63.8 cm³/mol. The summed E-state index contributed by atoms with van der Waals surface area (Å²) < 4.78 is 0. The van der Waals surface area contributed by atoms with Crippen LogP contribution in [0.2, 0.25) is 0 Å². The lowest BCUT2D eigenvalue weighted by Gasteiger charge is -2.05. The maximum Gasteiger partial charge on any atom is 0.143 e. The van der Waals surface area contributed by atoms with Crippen molar-refractivity contribution in [2.45, 2.75) is 0 Å². The van der Waals surface area contributed by atoms with Gasteiger partial charge in [-0.25, -0.2) is 0 Å². The lowest BCUT2D eigenvalue weighted by Crippen LogP contribution is -1.91. The molecule has 1 aromatic heterocycles. The molecule has 0 fully saturated rings. The van der Waals surface area contributed by atoms with Crippen LogP contribution in [0.3, 0.4) is 0 Å². The summed E-state index contributed by atoms with van der Waals surface area (Å²) in [4.78, 5) is 14.9. The largest absolute Gasteiger partial charge is 0.299 e. The van der Waals surface area contributed by atoms with E-state index < -0.39 is 0 Å². The van der Waals surface area contributed by atoms with E-state index in [1.807, 2.05) is 48.5 Å². The zero-order valence-electron chi connectivity index (χ0n) is 8.71. The molecule has 2 aromatic rings. The molecular weight excluding hydrogens is 198 g/mol. The van der Waals surface area contributed by atoms with Gasteiger partial charge in [0.15, 0.2) is 0 Å². The van der Waals surface area contributed by atoms with Crippen molar-refractivity contribution in [1.82, 2.24) is 4.98 Å². The molecule has 0 radical (unpaired) electrons. The molecule has 78 valence electrons. The van der Waals surface area contributed by atoms with E-state index in [1.54, 1.807) is 6.20 Å². The van der Waals surface area contributed by atoms with Gasteiger partial charge in [0.1, 0.15) is 6.29 Å². The minimum absolute atomic E-state index is 0.789. The number of rotatable bonds is 3. The van der Waals surface area contributed by atoms with Gasteiger partial charge in [0, 0.05) is 11.8 Å². The third-order valence-electron chi connectivity index (χ3n) is 2.26. The average molecular weight is 209 g/mol. The number of carbonyl (C=O) groups excluding carboxylic acids is 1. The maximum atomic E-state index is 10.7. The molecule has 0 aliphatic rings. The molecule has 0 saturated carbocycles. The molecule has 0 amide bonds. The van der Waals surface area contributed by atoms with Crippen molar-refractivity contribution in [3.8, 4) is 0 Å². The third-order valence-corrected chi connectivity index (χ3v) is 2.26. The lowest BCUT2D eigenvalue weighted by molar-refractivity contribution is -0.104. The molecule has 0 unspecified atom stereocenters. The van der Waals surface area contributed by atoms with E-state index in [1.165, 1.54) is 6.08 Å². The van der Waals surface area contributed by atoms with Gasteiger partial charge >= 0.3 is 0 Å². The van der Waals surface area contributed by atoms with E-state index in [-0.39, 0.29) is 0 Å². The number of benzene rings is 1. The number of nitrogens with zero attached hydrogens (tertiary/aromatic N) is 1. The van der Waals surface area contributed by atoms with E-state index in [0.29, 0.717) is 0 Å². The van der Waals surface area contributed by atoms with E-state index in [4.69, 9.17) is 0 Å². The van der Waals surface area contributed by atoms with Crippen LogP contribution in [0.5, 0.6) is 0 Å². The number of aromatic nitrogens is 1. The summed E-state index contributed by atoms with van der Waals surface area (Å²) >= 11 is 0. The number of aldehydes is 1. The summed E-state index contributed by atoms with van der Waals surface area (Å²) in [6.07, 6.45) is 4.05. The van der Waals surface area contributed by atoms with Crippen LogP contribution in [0, 0.1) is 0 Å². The SMILES string of the molecule is O=C/C=C(\c1ccccc1)c1ccccn1. The Labute approximate surface area is 94.3 Å². The Hall–Kier alpha value is -2.22. The summed E-state index contributed by atoms with van der Waals surface area (Å²) in [5.41, 5.74) is 2.64. The van der Waals surface area contributed by atoms with Crippen LogP contribution < -0.4 is 0 Å². The highest BCUT2D eigenvalue weighted by Gasteiger charge is 2.04. The Morgan fingerprint density at radius 3 is 2.38 bits per heavy atom. The molecule has 1 heterocycles. The molecule has 0 aliphatic heterocycles. The van der Waals surface area contributed by atoms with Crippen LogP contribution in [0.25, 0.3) is 5.57 Å². The fourth-order valence-corrected chi connectivity index (χ4v) is 1.54. The van der Waals surface area contributed by atoms with Crippen LogP contribution in [-0.4, -0.2) is 11.3 Å². The van der Waals surface area contributed by atoms with Gasteiger partial charge in [-0.1, -0.05) is 36.4 Å². The molecule has 0 N–H and O–H groups in total. The summed E-state index contributed by atoms with van der Waals surface area (Å²) in [6.45, 7) is 0. The van der Waals surface area contributed by atoms with Crippen molar-refractivity contribution < 1.29 is 4.79 Å². The minimum Gasteiger partial charge on any atom is -0.299 e. The van der Waals surface area contributed by atoms with Crippen LogP contribution in [0.1, 0.15) is 11.3 Å². The fourth-order valence-electron chi connectivity index (χ4n) is 1.54. The van der Waals surface area contributed by atoms with Crippen LogP contribution >= 0.6 is 0 Å². The number of pyridine rings is 1. The van der Waals surface area contributed by atoms with Crippen molar-refractivity contribution in [3.63, 3.8) is 0 Å². The van der Waals surface area contributed by atoms with Crippen molar-refractivity contribution in [1.29, 1.82) is 0 Å². The molecular formula is C14H11NO. The Morgan fingerprint density at radius 2 is 1.75 bits per heavy atom. The van der Waals surface area contributed by atoms with Crippen molar-refractivity contribution >= 4 is 11.9 Å². The number of carbonyl (C=O) groups is 1. The second kappa shape index (κ2) is 5.03. The Kier molecular flexibility index (Phi) is 3.24. The molecule has 16 heavy (non-hydrogen) atoms. The van der Waals surface area contributed by atoms with Gasteiger partial charge in [-0.15, -0.1) is 0 Å². The molecule has 0 atom stereocenters. The first-order valence-electron chi connectivity index (χ1n) is 5.04. The zero-order chi connectivity index (χ0) is 11.2. The summed E-state index contributed by atoms with van der Waals surface area (Å²) in [6, 6.07) is 15.4. The van der Waals surface area contributed by atoms with Crippen molar-refractivity contribution in [3.05, 3.63) is 72.1 Å². The van der Waals surface area contributed by atoms with Gasteiger partial charge in [0.2, 0.25) is 0 Å². The standard InChI is InChI=1S/C14H11NO/c16-11-9-13(12-6-2-1-3-7-12)14-8-4-5-10-15-14/h1-11H/b13-9+. The second-order valence-electron chi connectivity index (χ2n) is 3.30. The summed E-state index contributed by atoms with van der Waals surface area (Å²) in [5, 5.41) is 0. The topological polar surface area (TPSA) is 30.0 Å². The summed E-state index contributed by atoms with van der Waals surface area (Å²) in [7, 11) is 0. The van der Waals surface area contributed by atoms with Gasteiger partial charge < -0.3 is 0 Å². The van der Waals surface area contributed by atoms with E-state index in [9.17, 15) is 4.79 Å². The average Bonchev–Trinajstić information content (AvgIpc) is 2.38. The summed E-state index contributed by atoms with van der Waals surface area (Å²) in [5.74, 6) is 0. The quantitative estimate of drug-likeness (QED) is 0.574. The van der Waals surface area contributed by atoms with Crippen LogP contribution in [0.15, 0.2) is 60.8 Å². The number of hydrogen-bond acceptors (Lipinski definition) is 2. The van der Waals surface area contributed by atoms with Gasteiger partial charge in [0.05, 0.1) is 5.69 Å². The van der Waals surface area contributed by atoms with Crippen molar-refractivity contribution in [2.24, 2.45) is 0 Å². The molecule has 2 rings (SSSR count). The monoisotopic (exact) mass is 209 g/mol. The highest BCUT2D eigenvalue weighted by Crippen LogP contribution is 2.20. The van der Waals surface area contributed by atoms with Gasteiger partial charge in [-0.05, 0) is 23.8 Å². The highest BCUT2D eigenvalue weighted by molar-refractivity contribution is 5.88. The van der Waals surface area contributed by atoms with E-state index >= 15 is 0 Å². The van der Waals surface area contributed by atoms with E-state index in [2.05, 4.69) is 4.98 Å². The van der Waals surface area contributed by atoms with Gasteiger partial charge in [-0.3, -0.25) is 9.78 Å². The van der Waals surface area contributed by atoms with Gasteiger partial charge in [-0.2, -0.15) is 0 Å². The smallest absolute Gasteiger partial charge is 0.143 e. The number of allylic oxidation sites excluding steroid dienone is 1. The molecule has 2 heteroatoms.